The van der Waals surface area contributed by atoms with Gasteiger partial charge >= 0.3 is 5.97 Å². The van der Waals surface area contributed by atoms with Gasteiger partial charge in [0.25, 0.3) is 0 Å². The van der Waals surface area contributed by atoms with Crippen molar-refractivity contribution in [3.05, 3.63) is 86.2 Å². The zero-order chi connectivity index (χ0) is 27.0. The molecule has 1 fully saturated rings. The van der Waals surface area contributed by atoms with Crippen LogP contribution in [-0.2, 0) is 4.74 Å². The first-order chi connectivity index (χ1) is 18.2. The van der Waals surface area contributed by atoms with E-state index < -0.39 is 5.97 Å². The van der Waals surface area contributed by atoms with Crippen molar-refractivity contribution in [3.8, 4) is 11.3 Å². The van der Waals surface area contributed by atoms with Crippen LogP contribution in [0.25, 0.3) is 22.2 Å². The molecule has 5 rings (SSSR count). The fraction of sp³-hybridized carbons (Fsp3) is 0.276. The Morgan fingerprint density at radius 3 is 2.50 bits per heavy atom. The third kappa shape index (κ3) is 4.97. The molecule has 8 nitrogen and oxygen atoms in total. The van der Waals surface area contributed by atoms with Crippen LogP contribution < -0.4 is 15.6 Å². The number of pyridine rings is 1. The summed E-state index contributed by atoms with van der Waals surface area (Å²) in [7, 11) is 0. The summed E-state index contributed by atoms with van der Waals surface area (Å²) >= 11 is 6.23. The fourth-order valence-corrected chi connectivity index (χ4v) is 4.95. The number of carboxylic acid groups (broad SMARTS) is 1. The first kappa shape index (κ1) is 25.8. The van der Waals surface area contributed by atoms with E-state index in [1.165, 1.54) is 12.1 Å². The highest BCUT2D eigenvalue weighted by atomic mass is 35.5. The maximum absolute atomic E-state index is 13.4. The first-order valence-corrected chi connectivity index (χ1v) is 12.8. The summed E-state index contributed by atoms with van der Waals surface area (Å²) < 4.78 is 11.9. The second kappa shape index (κ2) is 10.5. The number of halogens is 1. The minimum atomic E-state index is -0.998. The Morgan fingerprint density at radius 2 is 1.82 bits per heavy atom. The van der Waals surface area contributed by atoms with E-state index in [2.05, 4.69) is 15.2 Å². The van der Waals surface area contributed by atoms with Crippen LogP contribution in [0.1, 0.15) is 40.0 Å². The highest BCUT2D eigenvalue weighted by molar-refractivity contribution is 6.29. The Kier molecular flexibility index (Phi) is 7.10. The second-order valence-electron chi connectivity index (χ2n) is 9.47. The number of nitrogens with one attached hydrogen (secondary N) is 1. The molecule has 0 unspecified atom stereocenters. The van der Waals surface area contributed by atoms with Gasteiger partial charge in [-0.25, -0.2) is 9.78 Å². The van der Waals surface area contributed by atoms with Gasteiger partial charge < -0.3 is 24.5 Å². The summed E-state index contributed by atoms with van der Waals surface area (Å²) in [6.07, 6.45) is 0. The third-order valence-electron chi connectivity index (χ3n) is 6.77. The monoisotopic (exact) mass is 533 g/mol. The van der Waals surface area contributed by atoms with Crippen molar-refractivity contribution >= 4 is 40.1 Å². The van der Waals surface area contributed by atoms with Gasteiger partial charge in [-0.3, -0.25) is 4.79 Å². The number of nitrogens with zero attached hydrogens (tertiary/aromatic N) is 2. The molecule has 0 amide bonds. The Balaban J connectivity index is 1.57. The zero-order valence-corrected chi connectivity index (χ0v) is 22.1. The van der Waals surface area contributed by atoms with Gasteiger partial charge in [-0.1, -0.05) is 29.8 Å². The number of aromatic carboxylic acids is 1. The molecule has 2 aromatic heterocycles. The summed E-state index contributed by atoms with van der Waals surface area (Å²) in [5.74, 6) is -0.419. The molecular weight excluding hydrogens is 506 g/mol. The predicted molar refractivity (Wildman–Crippen MR) is 149 cm³/mol. The number of ether oxygens (including phenoxy) is 1. The van der Waals surface area contributed by atoms with E-state index in [1.54, 1.807) is 25.1 Å². The van der Waals surface area contributed by atoms with E-state index in [-0.39, 0.29) is 17.0 Å². The van der Waals surface area contributed by atoms with Crippen LogP contribution >= 0.6 is 11.6 Å². The molecular formula is C29H28ClN3O5. The Morgan fingerprint density at radius 1 is 1.11 bits per heavy atom. The van der Waals surface area contributed by atoms with Gasteiger partial charge in [0.2, 0.25) is 5.88 Å². The van der Waals surface area contributed by atoms with E-state index in [4.69, 9.17) is 20.8 Å². The average Bonchev–Trinajstić information content (AvgIpc) is 2.92. The van der Waals surface area contributed by atoms with E-state index in [1.807, 2.05) is 32.0 Å². The molecule has 0 radical (unpaired) electrons. The van der Waals surface area contributed by atoms with E-state index in [0.29, 0.717) is 65.3 Å². The summed E-state index contributed by atoms with van der Waals surface area (Å²) in [4.78, 5) is 31.3. The predicted octanol–water partition coefficient (Wildman–Crippen LogP) is 5.83. The highest BCUT2D eigenvalue weighted by Gasteiger charge is 2.23. The fourth-order valence-electron chi connectivity index (χ4n) is 4.80. The SMILES string of the molecule is Cc1cc([C@H](C)Nc2ccc(Cl)nc2-c2ccc(C(=O)O)cc2)c2oc(N3CCOCC3)c(C)c(=O)c2c1. The largest absolute Gasteiger partial charge is 0.478 e. The van der Waals surface area contributed by atoms with Gasteiger partial charge in [0.05, 0.1) is 47.2 Å². The second-order valence-corrected chi connectivity index (χ2v) is 9.86. The number of aromatic nitrogens is 1. The lowest BCUT2D eigenvalue weighted by Crippen LogP contribution is -2.37. The van der Waals surface area contributed by atoms with Crippen molar-refractivity contribution in [2.24, 2.45) is 0 Å². The first-order valence-electron chi connectivity index (χ1n) is 12.4. The lowest BCUT2D eigenvalue weighted by atomic mass is 9.99. The number of rotatable bonds is 6. The number of aryl methyl sites for hydroxylation is 1. The summed E-state index contributed by atoms with van der Waals surface area (Å²) in [5, 5.41) is 13.6. The number of morpholine rings is 1. The van der Waals surface area contributed by atoms with Crippen molar-refractivity contribution < 1.29 is 19.1 Å². The van der Waals surface area contributed by atoms with E-state index in [0.717, 1.165) is 16.7 Å². The minimum absolute atomic E-state index is 0.0442. The van der Waals surface area contributed by atoms with Crippen molar-refractivity contribution in [1.82, 2.24) is 4.98 Å². The molecule has 0 bridgehead atoms. The molecule has 196 valence electrons. The molecule has 9 heteroatoms. The maximum Gasteiger partial charge on any atom is 0.335 e. The molecule has 0 spiro atoms. The topological polar surface area (TPSA) is 105 Å². The van der Waals surface area contributed by atoms with E-state index >= 15 is 0 Å². The molecule has 1 aliphatic rings. The zero-order valence-electron chi connectivity index (χ0n) is 21.4. The van der Waals surface area contributed by atoms with Crippen LogP contribution in [0.2, 0.25) is 5.15 Å². The number of hydrogen-bond acceptors (Lipinski definition) is 7. The molecule has 2 N–H and O–H groups in total. The Labute approximate surface area is 224 Å². The number of carboxylic acids is 1. The van der Waals surface area contributed by atoms with Crippen molar-refractivity contribution in [2.45, 2.75) is 26.8 Å². The third-order valence-corrected chi connectivity index (χ3v) is 6.98. The highest BCUT2D eigenvalue weighted by Crippen LogP contribution is 2.34. The van der Waals surface area contributed by atoms with Crippen LogP contribution in [0.15, 0.2) is 57.7 Å². The molecule has 38 heavy (non-hydrogen) atoms. The molecule has 2 aromatic carbocycles. The lowest BCUT2D eigenvalue weighted by molar-refractivity contribution is 0.0697. The molecule has 0 saturated carbocycles. The number of benzene rings is 2. The van der Waals surface area contributed by atoms with Gasteiger partial charge in [0.1, 0.15) is 10.7 Å². The van der Waals surface area contributed by atoms with Gasteiger partial charge in [-0.15, -0.1) is 0 Å². The Bertz CT molecular complexity index is 1580. The minimum Gasteiger partial charge on any atom is -0.478 e. The standard InChI is InChI=1S/C29H28ClN3O5/c1-16-14-21(27-22(15-16)26(34)17(2)28(38-27)33-10-12-37-13-11-33)18(3)31-23-8-9-24(30)32-25(23)19-4-6-20(7-5-19)29(35)36/h4-9,14-15,18,31H,10-13H2,1-3H3,(H,35,36)/t18-/m0/s1. The molecule has 1 atom stereocenters. The van der Waals surface area contributed by atoms with Crippen molar-refractivity contribution in [1.29, 1.82) is 0 Å². The van der Waals surface area contributed by atoms with Gasteiger partial charge in [0, 0.05) is 24.2 Å². The summed E-state index contributed by atoms with van der Waals surface area (Å²) in [6, 6.07) is 13.6. The number of anilines is 2. The smallest absolute Gasteiger partial charge is 0.335 e. The van der Waals surface area contributed by atoms with Crippen molar-refractivity contribution in [2.75, 3.05) is 36.5 Å². The van der Waals surface area contributed by atoms with Gasteiger partial charge in [-0.05, 0) is 56.7 Å². The van der Waals surface area contributed by atoms with Gasteiger partial charge in [-0.2, -0.15) is 0 Å². The normalized spacial score (nSPS) is 14.5. The average molecular weight is 534 g/mol. The molecule has 1 aliphatic heterocycles. The van der Waals surface area contributed by atoms with Crippen LogP contribution in [0, 0.1) is 13.8 Å². The van der Waals surface area contributed by atoms with Crippen LogP contribution in [0.3, 0.4) is 0 Å². The molecule has 3 heterocycles. The quantitative estimate of drug-likeness (QED) is 0.298. The summed E-state index contributed by atoms with van der Waals surface area (Å²) in [5.41, 5.74) is 5.08. The molecule has 4 aromatic rings. The maximum atomic E-state index is 13.4. The number of carbonyl (C=O) groups is 1. The van der Waals surface area contributed by atoms with E-state index in [9.17, 15) is 14.7 Å². The lowest BCUT2D eigenvalue weighted by Gasteiger charge is -2.29. The Hall–Kier alpha value is -3.88. The van der Waals surface area contributed by atoms with Crippen LogP contribution in [0.4, 0.5) is 11.6 Å². The van der Waals surface area contributed by atoms with Crippen molar-refractivity contribution in [3.63, 3.8) is 0 Å². The van der Waals surface area contributed by atoms with Crippen LogP contribution in [0.5, 0.6) is 0 Å². The molecule has 0 aliphatic carbocycles. The summed E-state index contributed by atoms with van der Waals surface area (Å²) in [6.45, 7) is 8.24. The number of fused-ring (bicyclic) bond motifs is 1. The van der Waals surface area contributed by atoms with Gasteiger partial charge in [0.15, 0.2) is 5.43 Å². The van der Waals surface area contributed by atoms with Crippen LogP contribution in [-0.4, -0.2) is 42.4 Å². The number of hydrogen-bond donors (Lipinski definition) is 2. The molecule has 1 saturated heterocycles.